The summed E-state index contributed by atoms with van der Waals surface area (Å²) in [6.45, 7) is 8.67. The average molecular weight is 177 g/mol. The predicted molar refractivity (Wildman–Crippen MR) is 59.3 cm³/mol. The number of hydrogen-bond acceptors (Lipinski definition) is 1. The molecule has 1 nitrogen and oxygen atoms in total. The Balaban J connectivity index is 2.77. The third-order valence-electron chi connectivity index (χ3n) is 2.25. The summed E-state index contributed by atoms with van der Waals surface area (Å²) in [4.78, 5) is 0. The molecule has 0 saturated heterocycles. The van der Waals surface area contributed by atoms with E-state index in [1.54, 1.807) is 0 Å². The SMILES string of the molecule is CC[C@H](C)Nc1cc(C)cc(C)c1. The molecule has 0 fully saturated rings. The van der Waals surface area contributed by atoms with Gasteiger partial charge < -0.3 is 5.32 Å². The Kier molecular flexibility index (Phi) is 3.35. The lowest BCUT2D eigenvalue weighted by atomic mass is 10.1. The van der Waals surface area contributed by atoms with Crippen LogP contribution in [-0.4, -0.2) is 6.04 Å². The van der Waals surface area contributed by atoms with Crippen LogP contribution < -0.4 is 5.32 Å². The Morgan fingerprint density at radius 3 is 2.15 bits per heavy atom. The minimum Gasteiger partial charge on any atom is -0.383 e. The van der Waals surface area contributed by atoms with Crippen LogP contribution in [0, 0.1) is 13.8 Å². The van der Waals surface area contributed by atoms with E-state index < -0.39 is 0 Å². The Morgan fingerprint density at radius 2 is 1.69 bits per heavy atom. The van der Waals surface area contributed by atoms with Crippen LogP contribution in [0.15, 0.2) is 18.2 Å². The van der Waals surface area contributed by atoms with Crippen molar-refractivity contribution in [2.45, 2.75) is 40.2 Å². The van der Waals surface area contributed by atoms with Crippen molar-refractivity contribution in [2.24, 2.45) is 0 Å². The zero-order valence-electron chi connectivity index (χ0n) is 9.02. The smallest absolute Gasteiger partial charge is 0.0347 e. The summed E-state index contributed by atoms with van der Waals surface area (Å²) in [6, 6.07) is 7.14. The summed E-state index contributed by atoms with van der Waals surface area (Å²) in [5, 5.41) is 3.47. The maximum Gasteiger partial charge on any atom is 0.0347 e. The van der Waals surface area contributed by atoms with Crippen molar-refractivity contribution >= 4 is 5.69 Å². The fraction of sp³-hybridized carbons (Fsp3) is 0.500. The van der Waals surface area contributed by atoms with Gasteiger partial charge >= 0.3 is 0 Å². The second-order valence-electron chi connectivity index (χ2n) is 3.83. The van der Waals surface area contributed by atoms with Crippen molar-refractivity contribution in [2.75, 3.05) is 5.32 Å². The van der Waals surface area contributed by atoms with Gasteiger partial charge in [-0.05, 0) is 50.5 Å². The molecule has 0 spiro atoms. The van der Waals surface area contributed by atoms with Crippen LogP contribution in [0.2, 0.25) is 0 Å². The largest absolute Gasteiger partial charge is 0.383 e. The quantitative estimate of drug-likeness (QED) is 0.745. The molecule has 0 aliphatic rings. The maximum atomic E-state index is 3.47. The van der Waals surface area contributed by atoms with Crippen LogP contribution in [0.1, 0.15) is 31.4 Å². The highest BCUT2D eigenvalue weighted by molar-refractivity contribution is 5.48. The standard InChI is InChI=1S/C12H19N/c1-5-11(4)13-12-7-9(2)6-10(3)8-12/h6-8,11,13H,5H2,1-4H3/t11-/m0/s1. The second-order valence-corrected chi connectivity index (χ2v) is 3.83. The average Bonchev–Trinajstić information content (AvgIpc) is 2.02. The zero-order chi connectivity index (χ0) is 9.84. The lowest BCUT2D eigenvalue weighted by Crippen LogP contribution is -2.13. The highest BCUT2D eigenvalue weighted by Gasteiger charge is 1.99. The van der Waals surface area contributed by atoms with E-state index in [4.69, 9.17) is 0 Å². The molecule has 1 heteroatoms. The van der Waals surface area contributed by atoms with Crippen LogP contribution in [0.25, 0.3) is 0 Å². The molecular formula is C12H19N. The minimum absolute atomic E-state index is 0.557. The van der Waals surface area contributed by atoms with E-state index in [-0.39, 0.29) is 0 Å². The van der Waals surface area contributed by atoms with Crippen molar-refractivity contribution in [1.82, 2.24) is 0 Å². The molecule has 1 rings (SSSR count). The fourth-order valence-electron chi connectivity index (χ4n) is 1.44. The molecular weight excluding hydrogens is 158 g/mol. The Morgan fingerprint density at radius 1 is 1.15 bits per heavy atom. The van der Waals surface area contributed by atoms with Crippen molar-refractivity contribution < 1.29 is 0 Å². The van der Waals surface area contributed by atoms with E-state index in [1.807, 2.05) is 0 Å². The van der Waals surface area contributed by atoms with Crippen molar-refractivity contribution in [3.8, 4) is 0 Å². The monoisotopic (exact) mass is 177 g/mol. The molecule has 0 aliphatic heterocycles. The number of benzene rings is 1. The summed E-state index contributed by atoms with van der Waals surface area (Å²) in [7, 11) is 0. The third-order valence-corrected chi connectivity index (χ3v) is 2.25. The second kappa shape index (κ2) is 4.31. The Labute approximate surface area is 81.2 Å². The number of nitrogens with one attached hydrogen (secondary N) is 1. The number of rotatable bonds is 3. The van der Waals surface area contributed by atoms with Crippen LogP contribution in [0.3, 0.4) is 0 Å². The molecule has 0 unspecified atom stereocenters. The molecule has 0 bridgehead atoms. The van der Waals surface area contributed by atoms with Gasteiger partial charge in [-0.15, -0.1) is 0 Å². The van der Waals surface area contributed by atoms with Gasteiger partial charge in [-0.2, -0.15) is 0 Å². The molecule has 1 atom stereocenters. The summed E-state index contributed by atoms with van der Waals surface area (Å²) < 4.78 is 0. The van der Waals surface area contributed by atoms with Gasteiger partial charge in [0.05, 0.1) is 0 Å². The van der Waals surface area contributed by atoms with Gasteiger partial charge in [0.25, 0.3) is 0 Å². The number of aryl methyl sites for hydroxylation is 2. The van der Waals surface area contributed by atoms with Gasteiger partial charge in [-0.1, -0.05) is 13.0 Å². The minimum atomic E-state index is 0.557. The first-order chi connectivity index (χ1) is 6.11. The van der Waals surface area contributed by atoms with Crippen molar-refractivity contribution in [1.29, 1.82) is 0 Å². The molecule has 1 N–H and O–H groups in total. The van der Waals surface area contributed by atoms with Gasteiger partial charge in [0.15, 0.2) is 0 Å². The summed E-state index contributed by atoms with van der Waals surface area (Å²) in [6.07, 6.45) is 1.16. The first-order valence-electron chi connectivity index (χ1n) is 4.96. The fourth-order valence-corrected chi connectivity index (χ4v) is 1.44. The molecule has 0 saturated carbocycles. The first-order valence-corrected chi connectivity index (χ1v) is 4.96. The highest BCUT2D eigenvalue weighted by Crippen LogP contribution is 2.15. The summed E-state index contributed by atoms with van der Waals surface area (Å²) >= 11 is 0. The molecule has 1 aromatic rings. The van der Waals surface area contributed by atoms with E-state index in [2.05, 4.69) is 51.2 Å². The number of anilines is 1. The summed E-state index contributed by atoms with van der Waals surface area (Å²) in [5.74, 6) is 0. The van der Waals surface area contributed by atoms with Crippen LogP contribution >= 0.6 is 0 Å². The molecule has 13 heavy (non-hydrogen) atoms. The summed E-state index contributed by atoms with van der Waals surface area (Å²) in [5.41, 5.74) is 3.89. The molecule has 1 aromatic carbocycles. The van der Waals surface area contributed by atoms with E-state index in [0.717, 1.165) is 6.42 Å². The van der Waals surface area contributed by atoms with Crippen LogP contribution in [0.5, 0.6) is 0 Å². The van der Waals surface area contributed by atoms with Gasteiger partial charge in [-0.25, -0.2) is 0 Å². The van der Waals surface area contributed by atoms with E-state index in [0.29, 0.717) is 6.04 Å². The molecule has 0 aliphatic carbocycles. The lowest BCUT2D eigenvalue weighted by molar-refractivity contribution is 0.764. The first kappa shape index (κ1) is 10.1. The topological polar surface area (TPSA) is 12.0 Å². The van der Waals surface area contributed by atoms with Gasteiger partial charge in [-0.3, -0.25) is 0 Å². The zero-order valence-corrected chi connectivity index (χ0v) is 9.02. The maximum absolute atomic E-state index is 3.47. The van der Waals surface area contributed by atoms with E-state index in [9.17, 15) is 0 Å². The van der Waals surface area contributed by atoms with Crippen molar-refractivity contribution in [3.63, 3.8) is 0 Å². The predicted octanol–water partition coefficient (Wildman–Crippen LogP) is 3.51. The molecule has 0 amide bonds. The van der Waals surface area contributed by atoms with Crippen LogP contribution in [-0.2, 0) is 0 Å². The Hall–Kier alpha value is -0.980. The molecule has 0 aromatic heterocycles. The Bertz CT molecular complexity index is 258. The molecule has 0 heterocycles. The van der Waals surface area contributed by atoms with Gasteiger partial charge in [0.1, 0.15) is 0 Å². The number of hydrogen-bond donors (Lipinski definition) is 1. The molecule has 72 valence electrons. The van der Waals surface area contributed by atoms with Gasteiger partial charge in [0.2, 0.25) is 0 Å². The van der Waals surface area contributed by atoms with Gasteiger partial charge in [0, 0.05) is 11.7 Å². The van der Waals surface area contributed by atoms with E-state index in [1.165, 1.54) is 16.8 Å². The van der Waals surface area contributed by atoms with Crippen LogP contribution in [0.4, 0.5) is 5.69 Å². The lowest BCUT2D eigenvalue weighted by Gasteiger charge is -2.14. The normalized spacial score (nSPS) is 12.6. The highest BCUT2D eigenvalue weighted by atomic mass is 14.9. The van der Waals surface area contributed by atoms with Crippen molar-refractivity contribution in [3.05, 3.63) is 29.3 Å². The third kappa shape index (κ3) is 3.10. The molecule has 0 radical (unpaired) electrons. The van der Waals surface area contributed by atoms with E-state index >= 15 is 0 Å².